The van der Waals surface area contributed by atoms with Crippen LogP contribution >= 0.6 is 11.8 Å². The molecule has 3 rings (SSSR count). The van der Waals surface area contributed by atoms with Crippen LogP contribution in [0.25, 0.3) is 11.5 Å². The van der Waals surface area contributed by atoms with Crippen molar-refractivity contribution in [3.8, 4) is 11.5 Å². The molecular formula is C23H27N3O2S. The van der Waals surface area contributed by atoms with Gasteiger partial charge in [-0.15, -0.1) is 10.2 Å². The number of hydrogen-bond acceptors (Lipinski definition) is 5. The minimum atomic E-state index is 0.00359. The minimum Gasteiger partial charge on any atom is -0.411 e. The second-order valence-corrected chi connectivity index (χ2v) is 9.01. The van der Waals surface area contributed by atoms with E-state index >= 15 is 0 Å². The lowest BCUT2D eigenvalue weighted by Crippen LogP contribution is -2.31. The molecule has 0 spiro atoms. The number of thioether (sulfide) groups is 1. The van der Waals surface area contributed by atoms with Crippen LogP contribution in [0.4, 0.5) is 0 Å². The molecule has 0 N–H and O–H groups in total. The third-order valence-corrected chi connectivity index (χ3v) is 5.78. The fraction of sp³-hybridized carbons (Fsp3) is 0.348. The zero-order valence-corrected chi connectivity index (χ0v) is 18.4. The van der Waals surface area contributed by atoms with Crippen molar-refractivity contribution in [3.63, 3.8) is 0 Å². The summed E-state index contributed by atoms with van der Waals surface area (Å²) >= 11 is 1.26. The monoisotopic (exact) mass is 409 g/mol. The maximum Gasteiger partial charge on any atom is 0.277 e. The number of benzene rings is 2. The van der Waals surface area contributed by atoms with Gasteiger partial charge in [-0.3, -0.25) is 4.79 Å². The standard InChI is InChI=1S/C23H27N3O2S/c1-16(17-9-7-6-8-10-17)26(5)20(27)15-29-22-25-24-21(28-22)18-11-13-19(14-12-18)23(2,3)4/h6-14,16H,15H2,1-5H3/t16-/m0/s1. The van der Waals surface area contributed by atoms with Crippen LogP contribution in [0.2, 0.25) is 0 Å². The molecule has 1 amide bonds. The quantitative estimate of drug-likeness (QED) is 0.514. The highest BCUT2D eigenvalue weighted by molar-refractivity contribution is 7.99. The minimum absolute atomic E-state index is 0.00359. The van der Waals surface area contributed by atoms with Crippen molar-refractivity contribution < 1.29 is 9.21 Å². The summed E-state index contributed by atoms with van der Waals surface area (Å²) in [5.41, 5.74) is 3.32. The van der Waals surface area contributed by atoms with Crippen molar-refractivity contribution in [2.45, 2.75) is 44.4 Å². The molecule has 0 bridgehead atoms. The first-order valence-electron chi connectivity index (χ1n) is 9.63. The number of nitrogens with zero attached hydrogens (tertiary/aromatic N) is 3. The maximum atomic E-state index is 12.6. The van der Waals surface area contributed by atoms with E-state index in [9.17, 15) is 4.79 Å². The van der Waals surface area contributed by atoms with Crippen LogP contribution in [-0.2, 0) is 10.2 Å². The number of aromatic nitrogens is 2. The van der Waals surface area contributed by atoms with E-state index in [-0.39, 0.29) is 23.1 Å². The van der Waals surface area contributed by atoms with Crippen molar-refractivity contribution in [2.24, 2.45) is 0 Å². The Kier molecular flexibility index (Phi) is 6.42. The topological polar surface area (TPSA) is 59.2 Å². The second-order valence-electron chi connectivity index (χ2n) is 8.08. The van der Waals surface area contributed by atoms with Crippen LogP contribution in [0.5, 0.6) is 0 Å². The Balaban J connectivity index is 1.59. The molecule has 29 heavy (non-hydrogen) atoms. The number of rotatable bonds is 6. The van der Waals surface area contributed by atoms with Gasteiger partial charge in [0.2, 0.25) is 11.8 Å². The van der Waals surface area contributed by atoms with E-state index in [1.807, 2.05) is 56.4 Å². The zero-order valence-electron chi connectivity index (χ0n) is 17.5. The lowest BCUT2D eigenvalue weighted by atomic mass is 9.87. The van der Waals surface area contributed by atoms with Gasteiger partial charge in [-0.05, 0) is 35.6 Å². The molecular weight excluding hydrogens is 382 g/mol. The Morgan fingerprint density at radius 3 is 2.34 bits per heavy atom. The van der Waals surface area contributed by atoms with Crippen LogP contribution < -0.4 is 0 Å². The first kappa shape index (κ1) is 21.1. The summed E-state index contributed by atoms with van der Waals surface area (Å²) in [5.74, 6) is 0.727. The summed E-state index contributed by atoms with van der Waals surface area (Å²) in [6, 6.07) is 18.1. The van der Waals surface area contributed by atoms with Gasteiger partial charge in [0.1, 0.15) is 0 Å². The molecule has 1 heterocycles. The van der Waals surface area contributed by atoms with Crippen molar-refractivity contribution >= 4 is 17.7 Å². The predicted molar refractivity (Wildman–Crippen MR) is 117 cm³/mol. The Bertz CT molecular complexity index is 946. The fourth-order valence-electron chi connectivity index (χ4n) is 2.89. The zero-order chi connectivity index (χ0) is 21.0. The summed E-state index contributed by atoms with van der Waals surface area (Å²) in [6.07, 6.45) is 0. The van der Waals surface area contributed by atoms with E-state index in [4.69, 9.17) is 4.42 Å². The van der Waals surface area contributed by atoms with Crippen LogP contribution in [0.3, 0.4) is 0 Å². The highest BCUT2D eigenvalue weighted by Gasteiger charge is 2.19. The average molecular weight is 410 g/mol. The second kappa shape index (κ2) is 8.82. The molecule has 5 nitrogen and oxygen atoms in total. The van der Waals surface area contributed by atoms with Crippen molar-refractivity contribution in [1.29, 1.82) is 0 Å². The van der Waals surface area contributed by atoms with Gasteiger partial charge in [0.15, 0.2) is 0 Å². The largest absolute Gasteiger partial charge is 0.411 e. The van der Waals surface area contributed by atoms with Crippen LogP contribution in [-0.4, -0.2) is 33.8 Å². The van der Waals surface area contributed by atoms with Crippen LogP contribution in [0.1, 0.15) is 44.9 Å². The third kappa shape index (κ3) is 5.26. The van der Waals surface area contributed by atoms with Crippen LogP contribution in [0.15, 0.2) is 64.2 Å². The van der Waals surface area contributed by atoms with Gasteiger partial charge in [0.25, 0.3) is 5.22 Å². The summed E-state index contributed by atoms with van der Waals surface area (Å²) < 4.78 is 5.74. The predicted octanol–water partition coefficient (Wildman–Crippen LogP) is 5.35. The Labute approximate surface area is 176 Å². The first-order chi connectivity index (χ1) is 13.8. The van der Waals surface area contributed by atoms with Gasteiger partial charge in [-0.25, -0.2) is 0 Å². The Morgan fingerprint density at radius 2 is 1.72 bits per heavy atom. The molecule has 0 saturated carbocycles. The third-order valence-electron chi connectivity index (χ3n) is 4.98. The molecule has 2 aromatic carbocycles. The Morgan fingerprint density at radius 1 is 1.07 bits per heavy atom. The summed E-state index contributed by atoms with van der Waals surface area (Å²) in [5, 5.41) is 8.59. The van der Waals surface area contributed by atoms with Gasteiger partial charge < -0.3 is 9.32 Å². The van der Waals surface area contributed by atoms with Gasteiger partial charge >= 0.3 is 0 Å². The van der Waals surface area contributed by atoms with Crippen molar-refractivity contribution in [3.05, 3.63) is 65.7 Å². The normalized spacial score (nSPS) is 12.6. The molecule has 0 radical (unpaired) electrons. The van der Waals surface area contributed by atoms with Gasteiger partial charge in [0, 0.05) is 12.6 Å². The number of carbonyl (C=O) groups excluding carboxylic acids is 1. The van der Waals surface area contributed by atoms with Crippen LogP contribution in [0, 0.1) is 0 Å². The maximum absolute atomic E-state index is 12.6. The van der Waals surface area contributed by atoms with Gasteiger partial charge in [0.05, 0.1) is 11.8 Å². The molecule has 0 saturated heterocycles. The molecule has 0 aliphatic rings. The highest BCUT2D eigenvalue weighted by Crippen LogP contribution is 2.28. The highest BCUT2D eigenvalue weighted by atomic mass is 32.2. The molecule has 0 aliphatic carbocycles. The van der Waals surface area contributed by atoms with E-state index < -0.39 is 0 Å². The smallest absolute Gasteiger partial charge is 0.277 e. The lowest BCUT2D eigenvalue weighted by Gasteiger charge is -2.25. The summed E-state index contributed by atoms with van der Waals surface area (Å²) in [6.45, 7) is 8.55. The number of amides is 1. The number of carbonyl (C=O) groups is 1. The lowest BCUT2D eigenvalue weighted by molar-refractivity contribution is -0.128. The molecule has 6 heteroatoms. The molecule has 0 unspecified atom stereocenters. The summed E-state index contributed by atoms with van der Waals surface area (Å²) in [4.78, 5) is 14.3. The molecule has 0 aliphatic heterocycles. The van der Waals surface area contributed by atoms with E-state index in [1.165, 1.54) is 17.3 Å². The molecule has 3 aromatic rings. The Hall–Kier alpha value is -2.60. The van der Waals surface area contributed by atoms with E-state index in [2.05, 4.69) is 43.1 Å². The first-order valence-corrected chi connectivity index (χ1v) is 10.6. The molecule has 1 atom stereocenters. The van der Waals surface area contributed by atoms with E-state index in [0.29, 0.717) is 11.1 Å². The average Bonchev–Trinajstić information content (AvgIpc) is 3.20. The molecule has 1 aromatic heterocycles. The van der Waals surface area contributed by atoms with E-state index in [0.717, 1.165) is 11.1 Å². The fourth-order valence-corrected chi connectivity index (χ4v) is 3.58. The number of hydrogen-bond donors (Lipinski definition) is 0. The van der Waals surface area contributed by atoms with Crippen molar-refractivity contribution in [1.82, 2.24) is 15.1 Å². The van der Waals surface area contributed by atoms with Gasteiger partial charge in [-0.2, -0.15) is 0 Å². The van der Waals surface area contributed by atoms with Crippen molar-refractivity contribution in [2.75, 3.05) is 12.8 Å². The summed E-state index contributed by atoms with van der Waals surface area (Å²) in [7, 11) is 1.82. The molecule has 152 valence electrons. The SMILES string of the molecule is C[C@@H](c1ccccc1)N(C)C(=O)CSc1nnc(-c2ccc(C(C)(C)C)cc2)o1. The molecule has 0 fully saturated rings. The van der Waals surface area contributed by atoms with Gasteiger partial charge in [-0.1, -0.05) is 75.0 Å². The van der Waals surface area contributed by atoms with E-state index in [1.54, 1.807) is 4.90 Å².